The van der Waals surface area contributed by atoms with Gasteiger partial charge in [-0.2, -0.15) is 0 Å². The quantitative estimate of drug-likeness (QED) is 0.749. The Morgan fingerprint density at radius 3 is 2.79 bits per heavy atom. The lowest BCUT2D eigenvalue weighted by Crippen LogP contribution is -2.13. The predicted molar refractivity (Wildman–Crippen MR) is 93.0 cm³/mol. The molecule has 0 aliphatic carbocycles. The fourth-order valence-corrected chi connectivity index (χ4v) is 2.51. The summed E-state index contributed by atoms with van der Waals surface area (Å²) in [6.07, 6.45) is 1.66. The van der Waals surface area contributed by atoms with Crippen LogP contribution < -0.4 is 15.6 Å². The molecule has 0 aliphatic heterocycles. The second-order valence-corrected chi connectivity index (χ2v) is 5.48. The Morgan fingerprint density at radius 2 is 2.04 bits per heavy atom. The molecule has 1 aromatic carbocycles. The Bertz CT molecular complexity index is 936. The Balaban J connectivity index is 1.99. The van der Waals surface area contributed by atoms with Crippen molar-refractivity contribution in [2.45, 2.75) is 26.7 Å². The number of anilines is 2. The molecular weight excluding hydrogens is 306 g/mol. The number of ether oxygens (including phenoxy) is 1. The Labute approximate surface area is 139 Å². The van der Waals surface area contributed by atoms with E-state index in [1.807, 2.05) is 32.0 Å². The number of nitrogens with one attached hydrogen (secondary N) is 2. The molecule has 3 aromatic rings. The first-order chi connectivity index (χ1) is 11.6. The van der Waals surface area contributed by atoms with Crippen molar-refractivity contribution in [1.29, 1.82) is 0 Å². The number of hydrogen-bond acceptors (Lipinski definition) is 6. The summed E-state index contributed by atoms with van der Waals surface area (Å²) in [4.78, 5) is 27.7. The normalized spacial score (nSPS) is 10.8. The van der Waals surface area contributed by atoms with Crippen LogP contribution in [0.5, 0.6) is 5.75 Å². The molecule has 0 bridgehead atoms. The largest absolute Gasteiger partial charge is 0.497 e. The molecule has 24 heavy (non-hydrogen) atoms. The van der Waals surface area contributed by atoms with Gasteiger partial charge in [-0.25, -0.2) is 15.0 Å². The molecule has 0 saturated heterocycles. The van der Waals surface area contributed by atoms with Gasteiger partial charge in [0.2, 0.25) is 11.9 Å². The molecule has 0 atom stereocenters. The molecule has 2 aromatic heterocycles. The van der Waals surface area contributed by atoms with Gasteiger partial charge < -0.3 is 4.74 Å². The van der Waals surface area contributed by atoms with Crippen LogP contribution in [0.25, 0.3) is 10.9 Å². The van der Waals surface area contributed by atoms with E-state index in [1.165, 1.54) is 6.07 Å². The van der Waals surface area contributed by atoms with Gasteiger partial charge in [0.05, 0.1) is 18.3 Å². The summed E-state index contributed by atoms with van der Waals surface area (Å²) in [6.45, 7) is 3.95. The van der Waals surface area contributed by atoms with Gasteiger partial charge in [-0.1, -0.05) is 13.3 Å². The number of aromatic amines is 1. The van der Waals surface area contributed by atoms with Crippen LogP contribution in [0.4, 0.5) is 11.9 Å². The molecule has 0 aliphatic rings. The third-order valence-electron chi connectivity index (χ3n) is 3.63. The number of fused-ring (bicyclic) bond motifs is 1. The summed E-state index contributed by atoms with van der Waals surface area (Å²) in [5.41, 5.74) is 2.13. The molecule has 0 amide bonds. The van der Waals surface area contributed by atoms with Gasteiger partial charge in [0.1, 0.15) is 5.75 Å². The second kappa shape index (κ2) is 6.66. The van der Waals surface area contributed by atoms with Crippen molar-refractivity contribution >= 4 is 22.8 Å². The van der Waals surface area contributed by atoms with E-state index in [0.717, 1.165) is 40.9 Å². The topological polar surface area (TPSA) is 92.8 Å². The number of aryl methyl sites for hydroxylation is 2. The van der Waals surface area contributed by atoms with Crippen molar-refractivity contribution < 1.29 is 4.74 Å². The van der Waals surface area contributed by atoms with Crippen molar-refractivity contribution in [2.24, 2.45) is 0 Å². The van der Waals surface area contributed by atoms with E-state index in [9.17, 15) is 4.79 Å². The van der Waals surface area contributed by atoms with Crippen molar-refractivity contribution in [3.8, 4) is 5.75 Å². The summed E-state index contributed by atoms with van der Waals surface area (Å²) in [5.74, 6) is 1.45. The summed E-state index contributed by atoms with van der Waals surface area (Å²) >= 11 is 0. The summed E-state index contributed by atoms with van der Waals surface area (Å²) in [6, 6.07) is 7.15. The predicted octanol–water partition coefficient (Wildman–Crippen LogP) is 2.73. The Morgan fingerprint density at radius 1 is 1.21 bits per heavy atom. The fourth-order valence-electron chi connectivity index (χ4n) is 2.51. The van der Waals surface area contributed by atoms with Crippen molar-refractivity contribution in [3.63, 3.8) is 0 Å². The molecule has 2 N–H and O–H groups in total. The zero-order chi connectivity index (χ0) is 17.1. The minimum absolute atomic E-state index is 0.199. The van der Waals surface area contributed by atoms with Crippen molar-refractivity contribution in [1.82, 2.24) is 19.9 Å². The second-order valence-electron chi connectivity index (χ2n) is 5.48. The molecule has 0 unspecified atom stereocenters. The van der Waals surface area contributed by atoms with Gasteiger partial charge in [0.15, 0.2) is 0 Å². The van der Waals surface area contributed by atoms with E-state index in [-0.39, 0.29) is 5.56 Å². The van der Waals surface area contributed by atoms with Gasteiger partial charge in [0.25, 0.3) is 5.56 Å². The average molecular weight is 325 g/mol. The van der Waals surface area contributed by atoms with E-state index < -0.39 is 0 Å². The number of aromatic nitrogens is 4. The number of methoxy groups -OCH3 is 1. The third-order valence-corrected chi connectivity index (χ3v) is 3.63. The number of rotatable bonds is 5. The fraction of sp³-hybridized carbons (Fsp3) is 0.294. The molecule has 0 saturated carbocycles. The first-order valence-electron chi connectivity index (χ1n) is 7.78. The molecule has 0 spiro atoms. The first-order valence-corrected chi connectivity index (χ1v) is 7.78. The third kappa shape index (κ3) is 3.34. The van der Waals surface area contributed by atoms with Gasteiger partial charge in [-0.15, -0.1) is 0 Å². The molecule has 3 rings (SSSR count). The molecule has 7 nitrogen and oxygen atoms in total. The number of H-pyrrole nitrogens is 1. The highest BCUT2D eigenvalue weighted by Crippen LogP contribution is 2.23. The molecule has 0 fully saturated rings. The van der Waals surface area contributed by atoms with Crippen LogP contribution in [0.2, 0.25) is 0 Å². The van der Waals surface area contributed by atoms with Crippen LogP contribution in [-0.4, -0.2) is 27.0 Å². The lowest BCUT2D eigenvalue weighted by atomic mass is 10.2. The smallest absolute Gasteiger partial charge is 0.252 e. The highest BCUT2D eigenvalue weighted by atomic mass is 16.5. The molecule has 7 heteroatoms. The number of benzene rings is 1. The highest BCUT2D eigenvalue weighted by Gasteiger charge is 2.08. The summed E-state index contributed by atoms with van der Waals surface area (Å²) in [7, 11) is 1.61. The van der Waals surface area contributed by atoms with Crippen LogP contribution in [0, 0.1) is 6.92 Å². The highest BCUT2D eigenvalue weighted by molar-refractivity contribution is 5.83. The van der Waals surface area contributed by atoms with Crippen LogP contribution in [-0.2, 0) is 6.42 Å². The minimum atomic E-state index is -0.199. The van der Waals surface area contributed by atoms with E-state index in [4.69, 9.17) is 4.74 Å². The van der Waals surface area contributed by atoms with Crippen LogP contribution in [0.3, 0.4) is 0 Å². The summed E-state index contributed by atoms with van der Waals surface area (Å²) in [5, 5.41) is 3.93. The maximum atomic E-state index is 11.7. The van der Waals surface area contributed by atoms with E-state index >= 15 is 0 Å². The van der Waals surface area contributed by atoms with E-state index in [0.29, 0.717) is 11.9 Å². The van der Waals surface area contributed by atoms with Crippen LogP contribution in [0.15, 0.2) is 29.1 Å². The SMILES string of the molecule is CCCc1cc(=O)[nH]c(Nc2nc(C)c3ccc(OC)cc3n2)n1. The van der Waals surface area contributed by atoms with Gasteiger partial charge in [0, 0.05) is 23.2 Å². The Hall–Kier alpha value is -2.96. The lowest BCUT2D eigenvalue weighted by molar-refractivity contribution is 0.415. The maximum absolute atomic E-state index is 11.7. The Kier molecular flexibility index (Phi) is 4.41. The van der Waals surface area contributed by atoms with E-state index in [2.05, 4.69) is 25.3 Å². The number of nitrogens with zero attached hydrogens (tertiary/aromatic N) is 3. The molecule has 124 valence electrons. The van der Waals surface area contributed by atoms with Gasteiger partial charge >= 0.3 is 0 Å². The lowest BCUT2D eigenvalue weighted by Gasteiger charge is -2.09. The van der Waals surface area contributed by atoms with Gasteiger partial charge in [-0.05, 0) is 25.5 Å². The summed E-state index contributed by atoms with van der Waals surface area (Å²) < 4.78 is 5.24. The van der Waals surface area contributed by atoms with Crippen molar-refractivity contribution in [2.75, 3.05) is 12.4 Å². The molecular formula is C17H19N5O2. The minimum Gasteiger partial charge on any atom is -0.497 e. The molecule has 2 heterocycles. The maximum Gasteiger partial charge on any atom is 0.252 e. The van der Waals surface area contributed by atoms with Crippen molar-refractivity contribution in [3.05, 3.63) is 46.0 Å². The van der Waals surface area contributed by atoms with Crippen LogP contribution >= 0.6 is 0 Å². The number of hydrogen-bond donors (Lipinski definition) is 2. The van der Waals surface area contributed by atoms with E-state index in [1.54, 1.807) is 7.11 Å². The standard InChI is InChI=1S/C17H19N5O2/c1-4-5-11-8-15(23)21-17(19-11)22-16-18-10(2)13-7-6-12(24-3)9-14(13)20-16/h6-9H,4-5H2,1-3H3,(H2,18,19,20,21,22,23). The average Bonchev–Trinajstić information content (AvgIpc) is 2.54. The first kappa shape index (κ1) is 15.9. The van der Waals surface area contributed by atoms with Gasteiger partial charge in [-0.3, -0.25) is 15.1 Å². The monoisotopic (exact) mass is 325 g/mol. The zero-order valence-electron chi connectivity index (χ0n) is 13.9. The zero-order valence-corrected chi connectivity index (χ0v) is 13.9. The van der Waals surface area contributed by atoms with Crippen LogP contribution in [0.1, 0.15) is 24.7 Å². The molecule has 0 radical (unpaired) electrons.